The van der Waals surface area contributed by atoms with Gasteiger partial charge in [-0.25, -0.2) is 4.68 Å². The zero-order valence-corrected chi connectivity index (χ0v) is 11.9. The molecule has 0 saturated heterocycles. The lowest BCUT2D eigenvalue weighted by molar-refractivity contribution is -0.124. The molecule has 1 atom stereocenters. The average Bonchev–Trinajstić information content (AvgIpc) is 3.20. The molecule has 1 aromatic carbocycles. The number of carbonyl (C=O) groups excluding carboxylic acids is 1. The van der Waals surface area contributed by atoms with Gasteiger partial charge in [-0.3, -0.25) is 4.79 Å². The van der Waals surface area contributed by atoms with Gasteiger partial charge in [-0.1, -0.05) is 18.2 Å². The van der Waals surface area contributed by atoms with Gasteiger partial charge in [0.2, 0.25) is 5.91 Å². The molecule has 3 N–H and O–H groups in total. The van der Waals surface area contributed by atoms with Crippen molar-refractivity contribution in [3.8, 4) is 5.69 Å². The summed E-state index contributed by atoms with van der Waals surface area (Å²) in [5.41, 5.74) is 7.79. The minimum absolute atomic E-state index is 0.0625. The Morgan fingerprint density at radius 2 is 2.14 bits per heavy atom. The minimum Gasteiger partial charge on any atom is -0.353 e. The van der Waals surface area contributed by atoms with Crippen LogP contribution >= 0.6 is 0 Å². The molecule has 0 bridgehead atoms. The fraction of sp³-hybridized carbons (Fsp3) is 0.375. The van der Waals surface area contributed by atoms with Gasteiger partial charge in [-0.05, 0) is 37.0 Å². The number of nitrogens with one attached hydrogen (secondary N) is 1. The maximum Gasteiger partial charge on any atom is 0.224 e. The van der Waals surface area contributed by atoms with E-state index in [-0.39, 0.29) is 11.8 Å². The number of hydrogen-bond acceptors (Lipinski definition) is 3. The number of aromatic nitrogens is 2. The molecule has 1 aromatic heterocycles. The summed E-state index contributed by atoms with van der Waals surface area (Å²) < 4.78 is 1.82. The van der Waals surface area contributed by atoms with Crippen molar-refractivity contribution in [3.63, 3.8) is 0 Å². The van der Waals surface area contributed by atoms with Gasteiger partial charge >= 0.3 is 0 Å². The first-order valence-electron chi connectivity index (χ1n) is 7.35. The summed E-state index contributed by atoms with van der Waals surface area (Å²) in [5.74, 6) is -0.119. The Hall–Kier alpha value is -2.14. The average molecular weight is 284 g/mol. The Bertz CT molecular complexity index is 604. The lowest BCUT2D eigenvalue weighted by Crippen LogP contribution is -2.37. The van der Waals surface area contributed by atoms with E-state index in [1.165, 1.54) is 0 Å². The summed E-state index contributed by atoms with van der Waals surface area (Å²) in [5, 5.41) is 7.37. The smallest absolute Gasteiger partial charge is 0.224 e. The molecule has 0 spiro atoms. The van der Waals surface area contributed by atoms with Gasteiger partial charge in [-0.2, -0.15) is 5.10 Å². The zero-order valence-electron chi connectivity index (χ0n) is 11.9. The second-order valence-corrected chi connectivity index (χ2v) is 5.55. The molecule has 0 radical (unpaired) electrons. The topological polar surface area (TPSA) is 72.9 Å². The number of hydrogen-bond donors (Lipinski definition) is 2. The highest BCUT2D eigenvalue weighted by molar-refractivity contribution is 5.79. The molecule has 0 aliphatic heterocycles. The highest BCUT2D eigenvalue weighted by atomic mass is 16.2. The summed E-state index contributed by atoms with van der Waals surface area (Å²) in [4.78, 5) is 12.1. The third-order valence-electron chi connectivity index (χ3n) is 3.72. The first kappa shape index (κ1) is 13.8. The molecule has 1 aliphatic carbocycles. The van der Waals surface area contributed by atoms with Crippen LogP contribution in [0, 0.1) is 5.92 Å². The number of amides is 1. The van der Waals surface area contributed by atoms with Gasteiger partial charge in [0.05, 0.1) is 17.8 Å². The Morgan fingerprint density at radius 1 is 1.38 bits per heavy atom. The number of benzene rings is 1. The van der Waals surface area contributed by atoms with Crippen molar-refractivity contribution in [3.05, 3.63) is 48.3 Å². The van der Waals surface area contributed by atoms with Crippen molar-refractivity contribution in [2.24, 2.45) is 11.7 Å². The number of nitrogens with two attached hydrogens (primary N) is 1. The molecule has 1 saturated carbocycles. The van der Waals surface area contributed by atoms with Crippen LogP contribution in [0.1, 0.15) is 18.4 Å². The van der Waals surface area contributed by atoms with E-state index in [9.17, 15) is 4.79 Å². The van der Waals surface area contributed by atoms with E-state index in [1.54, 1.807) is 6.20 Å². The van der Waals surface area contributed by atoms with Crippen LogP contribution in [0.4, 0.5) is 0 Å². The fourth-order valence-electron chi connectivity index (χ4n) is 2.30. The van der Waals surface area contributed by atoms with E-state index < -0.39 is 0 Å². The van der Waals surface area contributed by atoms with E-state index in [0.29, 0.717) is 19.0 Å². The lowest BCUT2D eigenvalue weighted by atomic mass is 10.0. The van der Waals surface area contributed by atoms with Gasteiger partial charge in [0.1, 0.15) is 0 Å². The summed E-state index contributed by atoms with van der Waals surface area (Å²) in [6.07, 6.45) is 6.58. The van der Waals surface area contributed by atoms with Crippen LogP contribution < -0.4 is 11.1 Å². The molecule has 1 unspecified atom stereocenters. The Balaban J connectivity index is 1.66. The summed E-state index contributed by atoms with van der Waals surface area (Å²) in [6, 6.07) is 10.3. The van der Waals surface area contributed by atoms with Gasteiger partial charge in [0, 0.05) is 18.8 Å². The highest BCUT2D eigenvalue weighted by Gasteiger charge is 2.27. The molecular formula is C16H20N4O. The standard InChI is InChI=1S/C16H20N4O/c17-9-13(16(21)19-14-6-7-14)8-12-10-18-20(11-12)15-4-2-1-3-5-15/h1-5,10-11,13-14H,6-9,17H2,(H,19,21). The van der Waals surface area contributed by atoms with Crippen molar-refractivity contribution in [2.45, 2.75) is 25.3 Å². The molecule has 1 aliphatic rings. The number of carbonyl (C=O) groups is 1. The van der Waals surface area contributed by atoms with Crippen LogP contribution in [-0.2, 0) is 11.2 Å². The van der Waals surface area contributed by atoms with Gasteiger partial charge in [0.15, 0.2) is 0 Å². The molecule has 1 fully saturated rings. The predicted molar refractivity (Wildman–Crippen MR) is 81.0 cm³/mol. The third kappa shape index (κ3) is 3.49. The summed E-state index contributed by atoms with van der Waals surface area (Å²) >= 11 is 0. The normalized spacial score (nSPS) is 15.7. The van der Waals surface area contributed by atoms with Crippen LogP contribution in [0.3, 0.4) is 0 Å². The van der Waals surface area contributed by atoms with E-state index in [4.69, 9.17) is 5.73 Å². The molecule has 21 heavy (non-hydrogen) atoms. The SMILES string of the molecule is NCC(Cc1cnn(-c2ccccc2)c1)C(=O)NC1CC1. The van der Waals surface area contributed by atoms with Gasteiger partial charge in [0.25, 0.3) is 0 Å². The van der Waals surface area contributed by atoms with Crippen LogP contribution in [0.15, 0.2) is 42.7 Å². The van der Waals surface area contributed by atoms with E-state index >= 15 is 0 Å². The monoisotopic (exact) mass is 284 g/mol. The number of rotatable bonds is 6. The Kier molecular flexibility index (Phi) is 4.01. The quantitative estimate of drug-likeness (QED) is 0.839. The summed E-state index contributed by atoms with van der Waals surface area (Å²) in [7, 11) is 0. The van der Waals surface area contributed by atoms with Crippen LogP contribution in [0.2, 0.25) is 0 Å². The van der Waals surface area contributed by atoms with Crippen molar-refractivity contribution >= 4 is 5.91 Å². The predicted octanol–water partition coefficient (Wildman–Crippen LogP) is 1.27. The van der Waals surface area contributed by atoms with Crippen molar-refractivity contribution in [1.82, 2.24) is 15.1 Å². The van der Waals surface area contributed by atoms with E-state index in [1.807, 2.05) is 41.2 Å². The highest BCUT2D eigenvalue weighted by Crippen LogP contribution is 2.20. The van der Waals surface area contributed by atoms with Crippen LogP contribution in [0.25, 0.3) is 5.69 Å². The molecular weight excluding hydrogens is 264 g/mol. The van der Waals surface area contributed by atoms with E-state index in [0.717, 1.165) is 24.1 Å². The van der Waals surface area contributed by atoms with Gasteiger partial charge < -0.3 is 11.1 Å². The first-order chi connectivity index (χ1) is 10.3. The first-order valence-corrected chi connectivity index (χ1v) is 7.35. The summed E-state index contributed by atoms with van der Waals surface area (Å²) in [6.45, 7) is 0.356. The fourth-order valence-corrected chi connectivity index (χ4v) is 2.30. The second kappa shape index (κ2) is 6.10. The zero-order chi connectivity index (χ0) is 14.7. The van der Waals surface area contributed by atoms with Crippen LogP contribution in [-0.4, -0.2) is 28.3 Å². The van der Waals surface area contributed by atoms with Crippen molar-refractivity contribution < 1.29 is 4.79 Å². The van der Waals surface area contributed by atoms with Gasteiger partial charge in [-0.15, -0.1) is 0 Å². The molecule has 5 nitrogen and oxygen atoms in total. The van der Waals surface area contributed by atoms with E-state index in [2.05, 4.69) is 10.4 Å². The maximum atomic E-state index is 12.1. The van der Waals surface area contributed by atoms with Crippen LogP contribution in [0.5, 0.6) is 0 Å². The maximum absolute atomic E-state index is 12.1. The molecule has 3 rings (SSSR count). The molecule has 5 heteroatoms. The second-order valence-electron chi connectivity index (χ2n) is 5.55. The minimum atomic E-state index is -0.181. The lowest BCUT2D eigenvalue weighted by Gasteiger charge is -2.13. The third-order valence-corrected chi connectivity index (χ3v) is 3.72. The molecule has 1 heterocycles. The number of para-hydroxylation sites is 1. The number of nitrogens with zero attached hydrogens (tertiary/aromatic N) is 2. The Labute approximate surface area is 124 Å². The molecule has 1 amide bonds. The molecule has 2 aromatic rings. The Morgan fingerprint density at radius 3 is 2.81 bits per heavy atom. The molecule has 110 valence electrons. The van der Waals surface area contributed by atoms with Crippen molar-refractivity contribution in [2.75, 3.05) is 6.54 Å². The largest absolute Gasteiger partial charge is 0.353 e. The van der Waals surface area contributed by atoms with Crippen molar-refractivity contribution in [1.29, 1.82) is 0 Å².